The van der Waals surface area contributed by atoms with Gasteiger partial charge in [-0.25, -0.2) is 0 Å². The number of hydrogen-bond acceptors (Lipinski definition) is 2. The van der Waals surface area contributed by atoms with Gasteiger partial charge in [-0.1, -0.05) is 37.0 Å². The Morgan fingerprint density at radius 2 is 2.06 bits per heavy atom. The molecule has 2 N–H and O–H groups in total. The molecule has 0 atom stereocenters. The van der Waals surface area contributed by atoms with Crippen molar-refractivity contribution in [2.75, 3.05) is 13.2 Å². The van der Waals surface area contributed by atoms with Crippen LogP contribution in [0.15, 0.2) is 60.4 Å². The molecular formula is C16H25NO. The van der Waals surface area contributed by atoms with E-state index < -0.39 is 0 Å². The van der Waals surface area contributed by atoms with Crippen LogP contribution in [0, 0.1) is 0 Å². The molecule has 0 aliphatic rings. The Labute approximate surface area is 111 Å². The van der Waals surface area contributed by atoms with Crippen molar-refractivity contribution >= 4 is 0 Å². The van der Waals surface area contributed by atoms with Crippen molar-refractivity contribution < 1.29 is 4.74 Å². The molecule has 0 radical (unpaired) electrons. The van der Waals surface area contributed by atoms with Crippen LogP contribution in [0.5, 0.6) is 0 Å². The van der Waals surface area contributed by atoms with Crippen LogP contribution < -0.4 is 5.73 Å². The highest BCUT2D eigenvalue weighted by molar-refractivity contribution is 5.40. The minimum Gasteiger partial charge on any atom is -0.405 e. The van der Waals surface area contributed by atoms with Crippen LogP contribution in [-0.2, 0) is 4.74 Å². The fourth-order valence-corrected chi connectivity index (χ4v) is 1.50. The molecule has 2 nitrogen and oxygen atoms in total. The van der Waals surface area contributed by atoms with Gasteiger partial charge in [0, 0.05) is 13.2 Å². The van der Waals surface area contributed by atoms with Crippen LogP contribution in [0.4, 0.5) is 0 Å². The van der Waals surface area contributed by atoms with E-state index in [1.54, 1.807) is 6.20 Å². The van der Waals surface area contributed by atoms with Gasteiger partial charge in [0.2, 0.25) is 0 Å². The third kappa shape index (κ3) is 7.69. The van der Waals surface area contributed by atoms with Gasteiger partial charge in [-0.3, -0.25) is 0 Å². The molecule has 0 bridgehead atoms. The van der Waals surface area contributed by atoms with Gasteiger partial charge in [-0.05, 0) is 50.1 Å². The SMILES string of the molecule is C=C/C(C/C=C/CCOCC)=C(\C=C/C)/C=C\N. The molecule has 0 aliphatic heterocycles. The molecule has 18 heavy (non-hydrogen) atoms. The Bertz CT molecular complexity index is 321. The minimum absolute atomic E-state index is 0.776. The standard InChI is InChI=1S/C16H25NO/c1-4-10-16(12-13-17)15(5-2)11-8-7-9-14-18-6-3/h4-5,7-8,10,12-13H,2,6,9,11,14,17H2,1,3H3/b8-7+,10-4-,13-12-,16-15-. The van der Waals surface area contributed by atoms with E-state index in [-0.39, 0.29) is 0 Å². The van der Waals surface area contributed by atoms with Crippen molar-refractivity contribution in [1.29, 1.82) is 0 Å². The summed E-state index contributed by atoms with van der Waals surface area (Å²) in [5.41, 5.74) is 7.71. The molecule has 0 aliphatic carbocycles. The third-order valence-corrected chi connectivity index (χ3v) is 2.38. The van der Waals surface area contributed by atoms with E-state index in [1.807, 2.05) is 38.2 Å². The Kier molecular flexibility index (Phi) is 10.9. The van der Waals surface area contributed by atoms with Crippen LogP contribution in [0.25, 0.3) is 0 Å². The summed E-state index contributed by atoms with van der Waals surface area (Å²) >= 11 is 0. The van der Waals surface area contributed by atoms with Gasteiger partial charge in [-0.15, -0.1) is 0 Å². The largest absolute Gasteiger partial charge is 0.405 e. The zero-order chi connectivity index (χ0) is 13.6. The summed E-state index contributed by atoms with van der Waals surface area (Å²) in [5, 5.41) is 0. The van der Waals surface area contributed by atoms with Crippen molar-refractivity contribution in [3.63, 3.8) is 0 Å². The average Bonchev–Trinajstić information content (AvgIpc) is 2.38. The van der Waals surface area contributed by atoms with E-state index >= 15 is 0 Å². The highest BCUT2D eigenvalue weighted by Crippen LogP contribution is 2.14. The second-order valence-corrected chi connectivity index (χ2v) is 3.70. The molecule has 0 aromatic carbocycles. The quantitative estimate of drug-likeness (QED) is 0.381. The molecule has 2 heteroatoms. The highest BCUT2D eigenvalue weighted by Gasteiger charge is 1.95. The number of hydrogen-bond donors (Lipinski definition) is 1. The summed E-state index contributed by atoms with van der Waals surface area (Å²) in [6, 6.07) is 0. The van der Waals surface area contributed by atoms with Gasteiger partial charge in [-0.2, -0.15) is 0 Å². The maximum Gasteiger partial charge on any atom is 0.0500 e. The van der Waals surface area contributed by atoms with Crippen LogP contribution in [-0.4, -0.2) is 13.2 Å². The van der Waals surface area contributed by atoms with Crippen molar-refractivity contribution in [2.24, 2.45) is 5.73 Å². The van der Waals surface area contributed by atoms with E-state index in [4.69, 9.17) is 10.5 Å². The first kappa shape index (κ1) is 16.5. The Hall–Kier alpha value is -1.54. The molecule has 0 aromatic heterocycles. The monoisotopic (exact) mass is 247 g/mol. The number of nitrogens with two attached hydrogens (primary N) is 1. The number of rotatable bonds is 9. The number of allylic oxidation sites excluding steroid dienone is 7. The first-order valence-corrected chi connectivity index (χ1v) is 6.39. The first-order valence-electron chi connectivity index (χ1n) is 6.39. The molecule has 0 spiro atoms. The van der Waals surface area contributed by atoms with Gasteiger partial charge in [0.25, 0.3) is 0 Å². The lowest BCUT2D eigenvalue weighted by molar-refractivity contribution is 0.152. The van der Waals surface area contributed by atoms with E-state index in [0.29, 0.717) is 0 Å². The lowest BCUT2D eigenvalue weighted by Crippen LogP contribution is -1.90. The van der Waals surface area contributed by atoms with Gasteiger partial charge < -0.3 is 10.5 Å². The lowest BCUT2D eigenvalue weighted by Gasteiger charge is -2.02. The number of ether oxygens (including phenoxy) is 1. The summed E-state index contributed by atoms with van der Waals surface area (Å²) in [7, 11) is 0. The second-order valence-electron chi connectivity index (χ2n) is 3.70. The molecule has 0 saturated carbocycles. The maximum atomic E-state index is 5.44. The van der Waals surface area contributed by atoms with Gasteiger partial charge in [0.05, 0.1) is 0 Å². The van der Waals surface area contributed by atoms with Gasteiger partial charge >= 0.3 is 0 Å². The summed E-state index contributed by atoms with van der Waals surface area (Å²) in [4.78, 5) is 0. The van der Waals surface area contributed by atoms with Gasteiger partial charge in [0.1, 0.15) is 0 Å². The maximum absolute atomic E-state index is 5.44. The summed E-state index contributed by atoms with van der Waals surface area (Å²) < 4.78 is 5.27. The molecule has 0 saturated heterocycles. The fourth-order valence-electron chi connectivity index (χ4n) is 1.50. The fraction of sp³-hybridized carbons (Fsp3) is 0.375. The first-order chi connectivity index (χ1) is 8.79. The zero-order valence-electron chi connectivity index (χ0n) is 11.6. The van der Waals surface area contributed by atoms with E-state index in [9.17, 15) is 0 Å². The van der Waals surface area contributed by atoms with Crippen LogP contribution >= 0.6 is 0 Å². The smallest absolute Gasteiger partial charge is 0.0500 e. The third-order valence-electron chi connectivity index (χ3n) is 2.38. The lowest BCUT2D eigenvalue weighted by atomic mass is 10.0. The zero-order valence-corrected chi connectivity index (χ0v) is 11.6. The van der Waals surface area contributed by atoms with E-state index in [2.05, 4.69) is 18.7 Å². The summed E-state index contributed by atoms with van der Waals surface area (Å²) in [6.07, 6.45) is 15.4. The van der Waals surface area contributed by atoms with Crippen molar-refractivity contribution in [2.45, 2.75) is 26.7 Å². The normalized spacial score (nSPS) is 13.7. The molecule has 0 rings (SSSR count). The van der Waals surface area contributed by atoms with Crippen molar-refractivity contribution in [3.05, 3.63) is 60.4 Å². The second kappa shape index (κ2) is 11.9. The van der Waals surface area contributed by atoms with Crippen molar-refractivity contribution in [3.8, 4) is 0 Å². The summed E-state index contributed by atoms with van der Waals surface area (Å²) in [6.45, 7) is 9.40. The molecule has 0 amide bonds. The van der Waals surface area contributed by atoms with E-state index in [1.165, 1.54) is 5.57 Å². The minimum atomic E-state index is 0.776. The predicted molar refractivity (Wildman–Crippen MR) is 80.2 cm³/mol. The molecule has 0 unspecified atom stereocenters. The van der Waals surface area contributed by atoms with E-state index in [0.717, 1.165) is 31.6 Å². The average molecular weight is 247 g/mol. The Balaban J connectivity index is 4.47. The predicted octanol–water partition coefficient (Wildman–Crippen LogP) is 3.89. The van der Waals surface area contributed by atoms with Crippen LogP contribution in [0.3, 0.4) is 0 Å². The molecule has 0 heterocycles. The van der Waals surface area contributed by atoms with Crippen LogP contribution in [0.2, 0.25) is 0 Å². The van der Waals surface area contributed by atoms with Crippen molar-refractivity contribution in [1.82, 2.24) is 0 Å². The summed E-state index contributed by atoms with van der Waals surface area (Å²) in [5.74, 6) is 0. The van der Waals surface area contributed by atoms with Gasteiger partial charge in [0.15, 0.2) is 0 Å². The molecule has 100 valence electrons. The Morgan fingerprint density at radius 1 is 1.28 bits per heavy atom. The Morgan fingerprint density at radius 3 is 2.61 bits per heavy atom. The molecule has 0 fully saturated rings. The topological polar surface area (TPSA) is 35.2 Å². The highest BCUT2D eigenvalue weighted by atomic mass is 16.5. The van der Waals surface area contributed by atoms with Crippen LogP contribution in [0.1, 0.15) is 26.7 Å². The molecular weight excluding hydrogens is 222 g/mol. The molecule has 0 aromatic rings.